The van der Waals surface area contributed by atoms with Gasteiger partial charge < -0.3 is 9.13 Å². The monoisotopic (exact) mass is 966 g/mol. The van der Waals surface area contributed by atoms with Crippen molar-refractivity contribution in [2.24, 2.45) is 0 Å². The normalized spacial score (nSPS) is 11.1. The molecule has 13 rings (SSSR count). The summed E-state index contributed by atoms with van der Waals surface area (Å²) in [6.45, 7) is 0. The van der Waals surface area contributed by atoms with Gasteiger partial charge in [0.05, 0.1) is 91.4 Å². The summed E-state index contributed by atoms with van der Waals surface area (Å²) in [5.74, 6) is 0.574. The Balaban J connectivity index is 1.12. The second kappa shape index (κ2) is 18.5. The molecule has 76 heavy (non-hydrogen) atoms. The molecule has 0 unspecified atom stereocenters. The van der Waals surface area contributed by atoms with Crippen LogP contribution in [0.5, 0.6) is 0 Å². The second-order valence-corrected chi connectivity index (χ2v) is 18.6. The number of para-hydroxylation sites is 3. The second-order valence-electron chi connectivity index (χ2n) is 18.6. The summed E-state index contributed by atoms with van der Waals surface area (Å²) in [6, 6.07) is 86.4. The van der Waals surface area contributed by atoms with E-state index in [4.69, 9.17) is 9.97 Å². The van der Waals surface area contributed by atoms with Crippen LogP contribution in [-0.4, -0.2) is 19.1 Å². The van der Waals surface area contributed by atoms with Gasteiger partial charge in [0.25, 0.3) is 0 Å². The summed E-state index contributed by atoms with van der Waals surface area (Å²) in [7, 11) is 0. The van der Waals surface area contributed by atoms with Crippen LogP contribution in [0.15, 0.2) is 231 Å². The van der Waals surface area contributed by atoms with Crippen molar-refractivity contribution in [3.63, 3.8) is 0 Å². The Morgan fingerprint density at radius 1 is 0.289 bits per heavy atom. The van der Waals surface area contributed by atoms with E-state index in [1.165, 1.54) is 0 Å². The summed E-state index contributed by atoms with van der Waals surface area (Å²) < 4.78 is 4.65. The van der Waals surface area contributed by atoms with Gasteiger partial charge in [0.2, 0.25) is 0 Å². The van der Waals surface area contributed by atoms with E-state index in [2.05, 4.69) is 179 Å². The Kier molecular flexibility index (Phi) is 10.9. The van der Waals surface area contributed by atoms with Crippen LogP contribution < -0.4 is 0 Å². The molecule has 0 saturated heterocycles. The van der Waals surface area contributed by atoms with Crippen LogP contribution in [0.3, 0.4) is 0 Å². The van der Waals surface area contributed by atoms with Crippen LogP contribution >= 0.6 is 0 Å². The van der Waals surface area contributed by atoms with Gasteiger partial charge in [-0.1, -0.05) is 140 Å². The number of nitrogens with zero attached hydrogens (tertiary/aromatic N) is 8. The maximum absolute atomic E-state index is 10.4. The fourth-order valence-electron chi connectivity index (χ4n) is 10.8. The maximum Gasteiger partial charge on any atom is 0.160 e. The van der Waals surface area contributed by atoms with Crippen LogP contribution in [-0.2, 0) is 0 Å². The molecule has 8 nitrogen and oxygen atoms in total. The van der Waals surface area contributed by atoms with E-state index in [0.29, 0.717) is 39.2 Å². The van der Waals surface area contributed by atoms with Gasteiger partial charge in [-0.25, -0.2) is 9.97 Å². The predicted molar refractivity (Wildman–Crippen MR) is 302 cm³/mol. The third-order valence-electron chi connectivity index (χ3n) is 14.3. The molecule has 0 saturated carbocycles. The van der Waals surface area contributed by atoms with E-state index < -0.39 is 0 Å². The van der Waals surface area contributed by atoms with Crippen molar-refractivity contribution in [2.75, 3.05) is 0 Å². The number of fused-ring (bicyclic) bond motifs is 6. The summed E-state index contributed by atoms with van der Waals surface area (Å²) in [6.07, 6.45) is 0. The highest BCUT2D eigenvalue weighted by Crippen LogP contribution is 2.44. The molecular weight excluding hydrogens is 929 g/mol. The molecule has 3 heterocycles. The molecule has 350 valence electrons. The molecule has 0 radical (unpaired) electrons. The zero-order valence-corrected chi connectivity index (χ0v) is 40.5. The summed E-state index contributed by atoms with van der Waals surface area (Å²) in [4.78, 5) is 10.6. The molecule has 0 amide bonds. The van der Waals surface area contributed by atoms with Gasteiger partial charge in [-0.05, 0) is 113 Å². The van der Waals surface area contributed by atoms with E-state index in [1.807, 2.05) is 60.7 Å². The number of rotatable bonds is 8. The Hall–Kier alpha value is -11.2. The van der Waals surface area contributed by atoms with E-state index in [1.54, 1.807) is 24.3 Å². The minimum atomic E-state index is 0.396. The molecule has 3 aromatic heterocycles. The van der Waals surface area contributed by atoms with Crippen LogP contribution in [0.1, 0.15) is 22.3 Å². The number of nitriles is 4. The highest BCUT2D eigenvalue weighted by Gasteiger charge is 2.23. The zero-order chi connectivity index (χ0) is 51.3. The Morgan fingerprint density at radius 2 is 0.737 bits per heavy atom. The number of hydrogen-bond acceptors (Lipinski definition) is 6. The third kappa shape index (κ3) is 7.51. The summed E-state index contributed by atoms with van der Waals surface area (Å²) in [5.41, 5.74) is 16.8. The average molecular weight is 967 g/mol. The minimum Gasteiger partial charge on any atom is -0.309 e. The molecule has 0 aliphatic heterocycles. The largest absolute Gasteiger partial charge is 0.309 e. The molecule has 0 N–H and O–H groups in total. The first-order valence-electron chi connectivity index (χ1n) is 24.7. The van der Waals surface area contributed by atoms with Crippen LogP contribution in [0.2, 0.25) is 0 Å². The average Bonchev–Trinajstić information content (AvgIpc) is 4.02. The summed E-state index contributed by atoms with van der Waals surface area (Å²) in [5, 5.41) is 44.3. The standard InChI is InChI=1S/C68H38N8/c69-39-43-23-28-52(50(33-43)41-71)47-25-30-66-58(35-47)59-36-48(53-29-24-44(40-70)34-51(53)42-72)26-31-67(59)76(66)65-32-27-49(68-73-60(45-13-3-1-4-14-45)38-61(74-68)46-15-5-2-6-16-46)37-57(65)56-19-9-12-22-64(56)75-62-20-10-7-17-54(62)55-18-8-11-21-63(55)75/h1-38H. The van der Waals surface area contributed by atoms with Crippen molar-refractivity contribution >= 4 is 43.6 Å². The summed E-state index contributed by atoms with van der Waals surface area (Å²) >= 11 is 0. The molecule has 0 fully saturated rings. The quantitative estimate of drug-likeness (QED) is 0.149. The Bertz CT molecular complexity index is 4450. The lowest BCUT2D eigenvalue weighted by atomic mass is 9.95. The van der Waals surface area contributed by atoms with Gasteiger partial charge in [-0.2, -0.15) is 21.0 Å². The highest BCUT2D eigenvalue weighted by atomic mass is 15.0. The highest BCUT2D eigenvalue weighted by molar-refractivity contribution is 6.13. The lowest BCUT2D eigenvalue weighted by molar-refractivity contribution is 1.15. The molecule has 0 aliphatic rings. The van der Waals surface area contributed by atoms with Crippen LogP contribution in [0, 0.1) is 45.3 Å². The van der Waals surface area contributed by atoms with Crippen LogP contribution in [0.25, 0.3) is 122 Å². The molecule has 0 atom stereocenters. The van der Waals surface area contributed by atoms with E-state index in [9.17, 15) is 21.0 Å². The Labute approximate surface area is 437 Å². The third-order valence-corrected chi connectivity index (χ3v) is 14.3. The maximum atomic E-state index is 10.4. The Morgan fingerprint density at radius 3 is 1.25 bits per heavy atom. The molecule has 0 bridgehead atoms. The first-order valence-corrected chi connectivity index (χ1v) is 24.7. The number of hydrogen-bond donors (Lipinski definition) is 0. The van der Waals surface area contributed by atoms with Crippen molar-refractivity contribution in [3.05, 3.63) is 253 Å². The van der Waals surface area contributed by atoms with Gasteiger partial charge in [-0.3, -0.25) is 0 Å². The van der Waals surface area contributed by atoms with Gasteiger partial charge in [0.15, 0.2) is 5.82 Å². The lowest BCUT2D eigenvalue weighted by Crippen LogP contribution is -2.03. The van der Waals surface area contributed by atoms with E-state index in [0.717, 1.165) is 105 Å². The predicted octanol–water partition coefficient (Wildman–Crippen LogP) is 16.2. The molecule has 0 spiro atoms. The smallest absolute Gasteiger partial charge is 0.160 e. The molecule has 8 heteroatoms. The fraction of sp³-hybridized carbons (Fsp3) is 0. The van der Waals surface area contributed by atoms with Crippen molar-refractivity contribution in [1.29, 1.82) is 21.0 Å². The van der Waals surface area contributed by atoms with Gasteiger partial charge in [0, 0.05) is 49.4 Å². The SMILES string of the molecule is N#Cc1ccc(-c2ccc3c(c2)c2cc(-c4ccc(C#N)cc4C#N)ccc2n3-c2ccc(-c3nc(-c4ccccc4)cc(-c4ccccc4)n3)cc2-c2ccccc2-n2c3ccccc3c3ccccc32)c(C#N)c1. The van der Waals surface area contributed by atoms with Crippen LogP contribution in [0.4, 0.5) is 0 Å². The van der Waals surface area contributed by atoms with Crippen molar-refractivity contribution in [1.82, 2.24) is 19.1 Å². The first-order chi connectivity index (χ1) is 37.5. The van der Waals surface area contributed by atoms with Crippen molar-refractivity contribution < 1.29 is 0 Å². The van der Waals surface area contributed by atoms with Crippen molar-refractivity contribution in [2.45, 2.75) is 0 Å². The molecule has 13 aromatic rings. The van der Waals surface area contributed by atoms with Gasteiger partial charge >= 0.3 is 0 Å². The van der Waals surface area contributed by atoms with E-state index in [-0.39, 0.29) is 0 Å². The zero-order valence-electron chi connectivity index (χ0n) is 40.5. The topological polar surface area (TPSA) is 131 Å². The molecule has 10 aromatic carbocycles. The molecule has 0 aliphatic carbocycles. The molecular formula is C68H38N8. The van der Waals surface area contributed by atoms with Crippen molar-refractivity contribution in [3.8, 4) is 103 Å². The van der Waals surface area contributed by atoms with Gasteiger partial charge in [0.1, 0.15) is 0 Å². The number of benzene rings is 10. The first kappa shape index (κ1) is 44.8. The van der Waals surface area contributed by atoms with E-state index >= 15 is 0 Å². The van der Waals surface area contributed by atoms with Gasteiger partial charge in [-0.15, -0.1) is 0 Å². The lowest BCUT2D eigenvalue weighted by Gasteiger charge is -2.20. The minimum absolute atomic E-state index is 0.396. The fourth-order valence-corrected chi connectivity index (χ4v) is 10.8. The number of aromatic nitrogens is 4.